The fourth-order valence-corrected chi connectivity index (χ4v) is 5.00. The van der Waals surface area contributed by atoms with E-state index >= 15 is 0 Å². The molecule has 2 saturated carbocycles. The Morgan fingerprint density at radius 1 is 1.16 bits per heavy atom. The summed E-state index contributed by atoms with van der Waals surface area (Å²) in [4.78, 5) is 28.7. The summed E-state index contributed by atoms with van der Waals surface area (Å²) in [5, 5.41) is 13.5. The molecule has 0 unspecified atom stereocenters. The zero-order chi connectivity index (χ0) is 22.8. The van der Waals surface area contributed by atoms with Gasteiger partial charge in [0.05, 0.1) is 16.6 Å². The van der Waals surface area contributed by atoms with E-state index < -0.39 is 23.9 Å². The molecule has 0 bridgehead atoms. The Kier molecular flexibility index (Phi) is 5.12. The van der Waals surface area contributed by atoms with E-state index in [9.17, 15) is 27.9 Å². The number of piperazine rings is 1. The molecular formula is C21H22ClF3N4O3. The van der Waals surface area contributed by atoms with Crippen molar-refractivity contribution in [3.8, 4) is 0 Å². The van der Waals surface area contributed by atoms with Crippen LogP contribution in [0.5, 0.6) is 0 Å². The number of amides is 2. The topological polar surface area (TPSA) is 78.2 Å². The first-order chi connectivity index (χ1) is 15.1. The Labute approximate surface area is 186 Å². The second kappa shape index (κ2) is 7.62. The fraction of sp³-hybridized carbons (Fsp3) is 0.571. The molecule has 2 aliphatic carbocycles. The van der Waals surface area contributed by atoms with Gasteiger partial charge in [0.25, 0.3) is 5.91 Å². The number of alkyl halides is 3. The van der Waals surface area contributed by atoms with Crippen molar-refractivity contribution in [2.45, 2.75) is 56.3 Å². The minimum Gasteiger partial charge on any atom is -0.393 e. The van der Waals surface area contributed by atoms with Crippen LogP contribution < -0.4 is 0 Å². The van der Waals surface area contributed by atoms with Gasteiger partial charge in [-0.25, -0.2) is 4.52 Å². The van der Waals surface area contributed by atoms with Gasteiger partial charge >= 0.3 is 6.18 Å². The Hall–Kier alpha value is -2.33. The Morgan fingerprint density at radius 3 is 2.50 bits per heavy atom. The molecule has 11 heteroatoms. The minimum absolute atomic E-state index is 0.0386. The highest BCUT2D eigenvalue weighted by Crippen LogP contribution is 2.43. The van der Waals surface area contributed by atoms with Gasteiger partial charge in [-0.15, -0.1) is 0 Å². The molecular weight excluding hydrogens is 449 g/mol. The van der Waals surface area contributed by atoms with Crippen molar-refractivity contribution in [1.82, 2.24) is 19.4 Å². The maximum absolute atomic E-state index is 13.7. The van der Waals surface area contributed by atoms with Crippen LogP contribution in [0.2, 0.25) is 5.02 Å². The third kappa shape index (κ3) is 3.73. The number of aromatic nitrogens is 2. The molecule has 1 N–H and O–H groups in total. The Balaban J connectivity index is 1.43. The zero-order valence-corrected chi connectivity index (χ0v) is 17.9. The first kappa shape index (κ1) is 21.5. The number of carbonyl (C=O) groups is 2. The summed E-state index contributed by atoms with van der Waals surface area (Å²) >= 11 is 6.35. The molecule has 2 amide bonds. The molecule has 0 spiro atoms. The van der Waals surface area contributed by atoms with Gasteiger partial charge in [-0.1, -0.05) is 11.6 Å². The van der Waals surface area contributed by atoms with E-state index in [1.165, 1.54) is 4.90 Å². The van der Waals surface area contributed by atoms with E-state index in [-0.39, 0.29) is 47.2 Å². The first-order valence-corrected chi connectivity index (χ1v) is 11.1. The van der Waals surface area contributed by atoms with E-state index in [0.717, 1.165) is 18.9 Å². The number of nitrogens with zero attached hydrogens (tertiary/aromatic N) is 4. The Bertz CT molecular complexity index is 1100. The van der Waals surface area contributed by atoms with Crippen molar-refractivity contribution in [1.29, 1.82) is 0 Å². The number of halogens is 4. The summed E-state index contributed by atoms with van der Waals surface area (Å²) in [7, 11) is 0. The fourth-order valence-electron chi connectivity index (χ4n) is 4.74. The number of aliphatic hydroxyl groups excluding tert-OH is 1. The number of carbonyl (C=O) groups excluding carboxylic acids is 2. The summed E-state index contributed by atoms with van der Waals surface area (Å²) in [6, 6.07) is 2.58. The van der Waals surface area contributed by atoms with Crippen LogP contribution in [-0.2, 0) is 11.0 Å². The zero-order valence-electron chi connectivity index (χ0n) is 17.1. The quantitative estimate of drug-likeness (QED) is 0.748. The second-order valence-electron chi connectivity index (χ2n) is 8.84. The summed E-state index contributed by atoms with van der Waals surface area (Å²) < 4.78 is 41.7. The first-order valence-electron chi connectivity index (χ1n) is 10.7. The third-order valence-corrected chi connectivity index (χ3v) is 6.97. The number of aliphatic hydroxyl groups is 1. The lowest BCUT2D eigenvalue weighted by Gasteiger charge is -2.37. The van der Waals surface area contributed by atoms with E-state index in [1.807, 2.05) is 0 Å². The summed E-state index contributed by atoms with van der Waals surface area (Å²) in [5.74, 6) is -0.860. The molecule has 32 heavy (non-hydrogen) atoms. The summed E-state index contributed by atoms with van der Waals surface area (Å²) in [6.07, 6.45) is -1.59. The number of hydrogen-bond donors (Lipinski definition) is 1. The molecule has 5 rings (SSSR count). The van der Waals surface area contributed by atoms with Gasteiger partial charge in [0.15, 0.2) is 5.69 Å². The van der Waals surface area contributed by atoms with E-state index in [1.54, 1.807) is 11.0 Å². The highest BCUT2D eigenvalue weighted by atomic mass is 35.5. The standard InChI is InChI=1S/C21H22ClF3N4O3/c22-18-15-7-12(11-1-2-11)8-16(21(23,24)25)29(15)26-19(18)20(32)27-5-6-28(17(31)10-27)13-3-4-14(30)9-13/h7-8,11,13-14,30H,1-6,9-10H2/t13-,14-/m0/s1. The Morgan fingerprint density at radius 2 is 1.91 bits per heavy atom. The lowest BCUT2D eigenvalue weighted by molar-refractivity contribution is -0.142. The average Bonchev–Trinajstić information content (AvgIpc) is 3.42. The van der Waals surface area contributed by atoms with Crippen molar-refractivity contribution in [3.05, 3.63) is 34.1 Å². The van der Waals surface area contributed by atoms with Gasteiger partial charge in [0.2, 0.25) is 5.91 Å². The van der Waals surface area contributed by atoms with Crippen LogP contribution in [0.4, 0.5) is 13.2 Å². The van der Waals surface area contributed by atoms with Crippen LogP contribution >= 0.6 is 11.6 Å². The largest absolute Gasteiger partial charge is 0.433 e. The van der Waals surface area contributed by atoms with E-state index in [0.29, 0.717) is 35.9 Å². The van der Waals surface area contributed by atoms with Crippen molar-refractivity contribution in [2.24, 2.45) is 0 Å². The van der Waals surface area contributed by atoms with Gasteiger partial charge in [-0.3, -0.25) is 9.59 Å². The highest BCUT2D eigenvalue weighted by Gasteiger charge is 2.39. The van der Waals surface area contributed by atoms with Crippen molar-refractivity contribution in [2.75, 3.05) is 19.6 Å². The molecule has 7 nitrogen and oxygen atoms in total. The van der Waals surface area contributed by atoms with Gasteiger partial charge in [-0.2, -0.15) is 18.3 Å². The summed E-state index contributed by atoms with van der Waals surface area (Å²) in [6.45, 7) is 0.322. The smallest absolute Gasteiger partial charge is 0.393 e. The lowest BCUT2D eigenvalue weighted by Crippen LogP contribution is -2.55. The number of fused-ring (bicyclic) bond motifs is 1. The van der Waals surface area contributed by atoms with Gasteiger partial charge in [0.1, 0.15) is 12.2 Å². The number of hydrogen-bond acceptors (Lipinski definition) is 4. The van der Waals surface area contributed by atoms with Crippen LogP contribution in [0.15, 0.2) is 12.1 Å². The SMILES string of the molecule is O=C(c1nn2c(C(F)(F)F)cc(C3CC3)cc2c1Cl)N1CCN([C@H]2CC[C@H](O)C2)C(=O)C1. The maximum Gasteiger partial charge on any atom is 0.433 e. The van der Waals surface area contributed by atoms with Crippen LogP contribution in [0, 0.1) is 0 Å². The molecule has 0 aromatic carbocycles. The summed E-state index contributed by atoms with van der Waals surface area (Å²) in [5.41, 5.74) is -0.689. The monoisotopic (exact) mass is 470 g/mol. The minimum atomic E-state index is -4.66. The average molecular weight is 471 g/mol. The molecule has 1 saturated heterocycles. The van der Waals surface area contributed by atoms with E-state index in [2.05, 4.69) is 5.10 Å². The molecule has 2 aromatic rings. The molecule has 172 valence electrons. The second-order valence-corrected chi connectivity index (χ2v) is 9.22. The van der Waals surface area contributed by atoms with Gasteiger partial charge < -0.3 is 14.9 Å². The highest BCUT2D eigenvalue weighted by molar-refractivity contribution is 6.36. The third-order valence-electron chi connectivity index (χ3n) is 6.60. The molecule has 0 radical (unpaired) electrons. The van der Waals surface area contributed by atoms with Crippen molar-refractivity contribution < 1.29 is 27.9 Å². The van der Waals surface area contributed by atoms with Crippen LogP contribution in [-0.4, -0.2) is 68.1 Å². The van der Waals surface area contributed by atoms with Crippen molar-refractivity contribution >= 4 is 28.9 Å². The number of rotatable bonds is 3. The van der Waals surface area contributed by atoms with Crippen LogP contribution in [0.1, 0.15) is 59.8 Å². The molecule has 3 heterocycles. The molecule has 2 aromatic heterocycles. The normalized spacial score (nSPS) is 24.6. The van der Waals surface area contributed by atoms with Gasteiger partial charge in [0, 0.05) is 19.1 Å². The van der Waals surface area contributed by atoms with Crippen molar-refractivity contribution in [3.63, 3.8) is 0 Å². The van der Waals surface area contributed by atoms with Crippen LogP contribution in [0.3, 0.4) is 0 Å². The molecule has 1 aliphatic heterocycles. The lowest BCUT2D eigenvalue weighted by atomic mass is 10.1. The molecule has 3 fully saturated rings. The number of pyridine rings is 1. The molecule has 2 atom stereocenters. The molecule has 3 aliphatic rings. The van der Waals surface area contributed by atoms with Crippen LogP contribution in [0.25, 0.3) is 5.52 Å². The predicted octanol–water partition coefficient (Wildman–Crippen LogP) is 3.08. The maximum atomic E-state index is 13.7. The van der Waals surface area contributed by atoms with Gasteiger partial charge in [-0.05, 0) is 55.7 Å². The van der Waals surface area contributed by atoms with E-state index in [4.69, 9.17) is 11.6 Å². The predicted molar refractivity (Wildman–Crippen MR) is 108 cm³/mol.